The molecule has 20 heavy (non-hydrogen) atoms. The minimum atomic E-state index is -0.186. The van der Waals surface area contributed by atoms with Crippen molar-refractivity contribution in [3.63, 3.8) is 0 Å². The fourth-order valence-corrected chi connectivity index (χ4v) is 2.64. The molecule has 0 aromatic heterocycles. The summed E-state index contributed by atoms with van der Waals surface area (Å²) < 4.78 is 13.4. The van der Waals surface area contributed by atoms with Gasteiger partial charge in [0, 0.05) is 23.6 Å². The van der Waals surface area contributed by atoms with E-state index < -0.39 is 0 Å². The van der Waals surface area contributed by atoms with Crippen LogP contribution in [-0.4, -0.2) is 11.7 Å². The molecular formula is C16H16FNOS. The van der Waals surface area contributed by atoms with E-state index in [0.717, 1.165) is 5.69 Å². The number of halogens is 1. The summed E-state index contributed by atoms with van der Waals surface area (Å²) in [7, 11) is 0. The zero-order valence-corrected chi connectivity index (χ0v) is 11.8. The van der Waals surface area contributed by atoms with Crippen LogP contribution in [-0.2, 0) is 10.5 Å². The molecule has 2 rings (SSSR count). The summed E-state index contributed by atoms with van der Waals surface area (Å²) in [5.41, 5.74) is 1.48. The Morgan fingerprint density at radius 3 is 2.50 bits per heavy atom. The van der Waals surface area contributed by atoms with E-state index in [2.05, 4.69) is 5.32 Å². The van der Waals surface area contributed by atoms with Gasteiger partial charge in [-0.2, -0.15) is 11.8 Å². The Bertz CT molecular complexity index is 559. The van der Waals surface area contributed by atoms with Crippen molar-refractivity contribution >= 4 is 23.4 Å². The SMILES string of the molecule is O=C(CCSCc1ccccc1F)Nc1ccccc1. The van der Waals surface area contributed by atoms with Gasteiger partial charge in [-0.25, -0.2) is 4.39 Å². The molecule has 0 saturated heterocycles. The van der Waals surface area contributed by atoms with Crippen LogP contribution >= 0.6 is 11.8 Å². The second kappa shape index (κ2) is 7.70. The van der Waals surface area contributed by atoms with Crippen molar-refractivity contribution in [3.8, 4) is 0 Å². The molecule has 0 unspecified atom stereocenters. The Balaban J connectivity index is 1.69. The maximum atomic E-state index is 13.4. The second-order valence-electron chi connectivity index (χ2n) is 4.31. The average molecular weight is 289 g/mol. The molecule has 0 atom stereocenters. The molecule has 2 nitrogen and oxygen atoms in total. The quantitative estimate of drug-likeness (QED) is 0.812. The van der Waals surface area contributed by atoms with Crippen LogP contribution in [0, 0.1) is 5.82 Å². The van der Waals surface area contributed by atoms with E-state index in [1.54, 1.807) is 23.9 Å². The van der Waals surface area contributed by atoms with Crippen molar-refractivity contribution in [2.75, 3.05) is 11.1 Å². The zero-order chi connectivity index (χ0) is 14.2. The first-order chi connectivity index (χ1) is 9.75. The molecule has 0 radical (unpaired) electrons. The fraction of sp³-hybridized carbons (Fsp3) is 0.188. The minimum absolute atomic E-state index is 0.0165. The van der Waals surface area contributed by atoms with Gasteiger partial charge in [0.25, 0.3) is 0 Å². The van der Waals surface area contributed by atoms with E-state index in [0.29, 0.717) is 23.5 Å². The van der Waals surface area contributed by atoms with Crippen molar-refractivity contribution in [1.82, 2.24) is 0 Å². The Labute approximate surface area is 122 Å². The molecule has 0 spiro atoms. The van der Waals surface area contributed by atoms with Crippen molar-refractivity contribution in [1.29, 1.82) is 0 Å². The van der Waals surface area contributed by atoms with Crippen LogP contribution in [0.15, 0.2) is 54.6 Å². The van der Waals surface area contributed by atoms with Crippen LogP contribution in [0.3, 0.4) is 0 Å². The average Bonchev–Trinajstić information content (AvgIpc) is 2.46. The maximum Gasteiger partial charge on any atom is 0.225 e. The van der Waals surface area contributed by atoms with Gasteiger partial charge in [0.1, 0.15) is 5.82 Å². The van der Waals surface area contributed by atoms with Gasteiger partial charge < -0.3 is 5.32 Å². The lowest BCUT2D eigenvalue weighted by Crippen LogP contribution is -2.12. The van der Waals surface area contributed by atoms with Gasteiger partial charge in [-0.1, -0.05) is 36.4 Å². The molecule has 2 aromatic rings. The number of para-hydroxylation sites is 1. The van der Waals surface area contributed by atoms with E-state index in [4.69, 9.17) is 0 Å². The zero-order valence-electron chi connectivity index (χ0n) is 11.0. The van der Waals surface area contributed by atoms with Gasteiger partial charge in [0.2, 0.25) is 5.91 Å². The first-order valence-electron chi connectivity index (χ1n) is 6.42. The highest BCUT2D eigenvalue weighted by molar-refractivity contribution is 7.98. The Morgan fingerprint density at radius 2 is 1.75 bits per heavy atom. The number of anilines is 1. The van der Waals surface area contributed by atoms with Gasteiger partial charge in [0.05, 0.1) is 0 Å². The molecule has 0 bridgehead atoms. The van der Waals surface area contributed by atoms with Crippen LogP contribution in [0.5, 0.6) is 0 Å². The number of carbonyl (C=O) groups is 1. The van der Waals surface area contributed by atoms with E-state index in [-0.39, 0.29) is 11.7 Å². The van der Waals surface area contributed by atoms with E-state index in [1.165, 1.54) is 6.07 Å². The summed E-state index contributed by atoms with van der Waals surface area (Å²) in [6.07, 6.45) is 0.425. The predicted octanol–water partition coefficient (Wildman–Crippen LogP) is 4.09. The van der Waals surface area contributed by atoms with Crippen molar-refractivity contribution in [2.45, 2.75) is 12.2 Å². The van der Waals surface area contributed by atoms with Gasteiger partial charge in [-0.05, 0) is 23.8 Å². The normalized spacial score (nSPS) is 10.2. The van der Waals surface area contributed by atoms with Crippen LogP contribution in [0.4, 0.5) is 10.1 Å². The van der Waals surface area contributed by atoms with Gasteiger partial charge in [-0.3, -0.25) is 4.79 Å². The monoisotopic (exact) mass is 289 g/mol. The van der Waals surface area contributed by atoms with E-state index >= 15 is 0 Å². The maximum absolute atomic E-state index is 13.4. The van der Waals surface area contributed by atoms with Crippen molar-refractivity contribution in [2.24, 2.45) is 0 Å². The van der Waals surface area contributed by atoms with Crippen molar-refractivity contribution < 1.29 is 9.18 Å². The van der Waals surface area contributed by atoms with Gasteiger partial charge >= 0.3 is 0 Å². The number of hydrogen-bond acceptors (Lipinski definition) is 2. The molecule has 1 N–H and O–H groups in total. The smallest absolute Gasteiger partial charge is 0.225 e. The number of rotatable bonds is 6. The number of amides is 1. The van der Waals surface area contributed by atoms with E-state index in [1.807, 2.05) is 36.4 Å². The standard InChI is InChI=1S/C16H16FNOS/c17-15-9-5-4-6-13(15)12-20-11-10-16(19)18-14-7-2-1-3-8-14/h1-9H,10-12H2,(H,18,19). The summed E-state index contributed by atoms with van der Waals surface area (Å²) >= 11 is 1.56. The largest absolute Gasteiger partial charge is 0.326 e. The number of carbonyl (C=O) groups excluding carboxylic acids is 1. The Kier molecular flexibility index (Phi) is 5.62. The third-order valence-electron chi connectivity index (χ3n) is 2.75. The first kappa shape index (κ1) is 14.6. The molecule has 4 heteroatoms. The summed E-state index contributed by atoms with van der Waals surface area (Å²) in [5.74, 6) is 1.06. The van der Waals surface area contributed by atoms with Crippen LogP contribution in [0.2, 0.25) is 0 Å². The lowest BCUT2D eigenvalue weighted by molar-refractivity contribution is -0.115. The van der Waals surface area contributed by atoms with Crippen LogP contribution in [0.1, 0.15) is 12.0 Å². The van der Waals surface area contributed by atoms with Crippen LogP contribution < -0.4 is 5.32 Å². The molecule has 1 amide bonds. The Hall–Kier alpha value is -1.81. The summed E-state index contributed by atoms with van der Waals surface area (Å²) in [6, 6.07) is 16.1. The lowest BCUT2D eigenvalue weighted by Gasteiger charge is -2.05. The van der Waals surface area contributed by atoms with Crippen molar-refractivity contribution in [3.05, 3.63) is 66.0 Å². The number of hydrogen-bond donors (Lipinski definition) is 1. The summed E-state index contributed by atoms with van der Waals surface area (Å²) in [6.45, 7) is 0. The molecule has 0 aliphatic rings. The molecule has 0 aliphatic heterocycles. The molecule has 104 valence electrons. The molecule has 0 heterocycles. The molecular weight excluding hydrogens is 273 g/mol. The minimum Gasteiger partial charge on any atom is -0.326 e. The molecule has 0 aliphatic carbocycles. The molecule has 0 saturated carbocycles. The van der Waals surface area contributed by atoms with Crippen LogP contribution in [0.25, 0.3) is 0 Å². The molecule has 2 aromatic carbocycles. The number of thioether (sulfide) groups is 1. The summed E-state index contributed by atoms with van der Waals surface area (Å²) in [4.78, 5) is 11.7. The van der Waals surface area contributed by atoms with Gasteiger partial charge in [0.15, 0.2) is 0 Å². The number of benzene rings is 2. The first-order valence-corrected chi connectivity index (χ1v) is 7.57. The topological polar surface area (TPSA) is 29.1 Å². The highest BCUT2D eigenvalue weighted by atomic mass is 32.2. The third kappa shape index (κ3) is 4.70. The van der Waals surface area contributed by atoms with Gasteiger partial charge in [-0.15, -0.1) is 0 Å². The molecule has 0 fully saturated rings. The second-order valence-corrected chi connectivity index (χ2v) is 5.41. The fourth-order valence-electron chi connectivity index (χ4n) is 1.71. The highest BCUT2D eigenvalue weighted by Crippen LogP contribution is 2.16. The predicted molar refractivity (Wildman–Crippen MR) is 82.3 cm³/mol. The van der Waals surface area contributed by atoms with E-state index in [9.17, 15) is 9.18 Å². The summed E-state index contributed by atoms with van der Waals surface area (Å²) in [5, 5.41) is 2.83. The lowest BCUT2D eigenvalue weighted by atomic mass is 10.2. The Morgan fingerprint density at radius 1 is 1.05 bits per heavy atom. The third-order valence-corrected chi connectivity index (χ3v) is 3.75. The highest BCUT2D eigenvalue weighted by Gasteiger charge is 2.04. The number of nitrogens with one attached hydrogen (secondary N) is 1.